The van der Waals surface area contributed by atoms with Gasteiger partial charge in [-0.15, -0.1) is 0 Å². The van der Waals surface area contributed by atoms with Gasteiger partial charge in [-0.1, -0.05) is 21.1 Å². The van der Waals surface area contributed by atoms with Gasteiger partial charge in [-0.05, 0) is 61.9 Å². The highest BCUT2D eigenvalue weighted by Crippen LogP contribution is 2.24. The van der Waals surface area contributed by atoms with Crippen molar-refractivity contribution in [2.75, 3.05) is 18.4 Å². The molecule has 0 spiro atoms. The van der Waals surface area contributed by atoms with E-state index in [1.807, 2.05) is 0 Å². The van der Waals surface area contributed by atoms with E-state index in [9.17, 15) is 13.6 Å². The van der Waals surface area contributed by atoms with E-state index in [0.717, 1.165) is 19.4 Å². The second-order valence-electron chi connectivity index (χ2n) is 7.21. The third-order valence-corrected chi connectivity index (χ3v) is 5.49. The Balaban J connectivity index is 1.37. The number of hydrogen-bond acceptors (Lipinski definition) is 5. The van der Waals surface area contributed by atoms with Crippen LogP contribution in [0.25, 0.3) is 11.4 Å². The van der Waals surface area contributed by atoms with Gasteiger partial charge in [-0.3, -0.25) is 9.69 Å². The summed E-state index contributed by atoms with van der Waals surface area (Å²) in [5.41, 5.74) is 0.833. The first kappa shape index (κ1) is 20.6. The highest BCUT2D eigenvalue weighted by molar-refractivity contribution is 9.10. The number of anilines is 1. The molecule has 1 atom stereocenters. The lowest BCUT2D eigenvalue weighted by molar-refractivity contribution is -0.121. The third kappa shape index (κ3) is 4.91. The monoisotopic (exact) mass is 476 g/mol. The number of nitrogens with zero attached hydrogens (tertiary/aromatic N) is 3. The van der Waals surface area contributed by atoms with Crippen LogP contribution in [-0.2, 0) is 11.3 Å². The summed E-state index contributed by atoms with van der Waals surface area (Å²) < 4.78 is 33.0. The van der Waals surface area contributed by atoms with E-state index in [-0.39, 0.29) is 23.3 Å². The number of likely N-dealkylation sites (tertiary alicyclic amines) is 1. The summed E-state index contributed by atoms with van der Waals surface area (Å²) in [6.45, 7) is 1.72. The Labute approximate surface area is 180 Å². The van der Waals surface area contributed by atoms with Crippen LogP contribution in [0.2, 0.25) is 0 Å². The lowest BCUT2D eigenvalue weighted by Crippen LogP contribution is -2.40. The van der Waals surface area contributed by atoms with Crippen molar-refractivity contribution >= 4 is 27.5 Å². The Bertz CT molecular complexity index is 1040. The molecular weight excluding hydrogens is 458 g/mol. The Kier molecular flexibility index (Phi) is 6.19. The zero-order chi connectivity index (χ0) is 21.1. The van der Waals surface area contributed by atoms with Gasteiger partial charge in [0.25, 0.3) is 0 Å². The topological polar surface area (TPSA) is 71.3 Å². The van der Waals surface area contributed by atoms with Gasteiger partial charge in [-0.25, -0.2) is 8.78 Å². The average molecular weight is 477 g/mol. The van der Waals surface area contributed by atoms with Crippen molar-refractivity contribution in [3.8, 4) is 11.4 Å². The number of nitrogens with one attached hydrogen (secondary N) is 1. The lowest BCUT2D eigenvalue weighted by Gasteiger charge is -2.30. The quantitative estimate of drug-likeness (QED) is 0.581. The molecule has 1 saturated heterocycles. The summed E-state index contributed by atoms with van der Waals surface area (Å²) in [6, 6.07) is 10.4. The Hall–Kier alpha value is -2.65. The fourth-order valence-electron chi connectivity index (χ4n) is 3.47. The highest BCUT2D eigenvalue weighted by Gasteiger charge is 2.27. The molecule has 156 valence electrons. The molecule has 1 unspecified atom stereocenters. The van der Waals surface area contributed by atoms with Gasteiger partial charge >= 0.3 is 0 Å². The van der Waals surface area contributed by atoms with Gasteiger partial charge in [0.1, 0.15) is 11.6 Å². The van der Waals surface area contributed by atoms with Gasteiger partial charge in [0.05, 0.1) is 18.2 Å². The van der Waals surface area contributed by atoms with Crippen LogP contribution in [0.3, 0.4) is 0 Å². The Morgan fingerprint density at radius 3 is 2.80 bits per heavy atom. The molecule has 6 nitrogen and oxygen atoms in total. The molecule has 0 bridgehead atoms. The highest BCUT2D eigenvalue weighted by atomic mass is 79.9. The van der Waals surface area contributed by atoms with Gasteiger partial charge in [0.2, 0.25) is 17.6 Å². The molecule has 1 fully saturated rings. The second-order valence-corrected chi connectivity index (χ2v) is 8.12. The number of halogens is 3. The molecule has 0 saturated carbocycles. The predicted octanol–water partition coefficient (Wildman–Crippen LogP) is 4.63. The summed E-state index contributed by atoms with van der Waals surface area (Å²) in [5.74, 6) is -0.469. The van der Waals surface area contributed by atoms with Gasteiger partial charge in [0, 0.05) is 16.6 Å². The van der Waals surface area contributed by atoms with Crippen LogP contribution >= 0.6 is 15.9 Å². The Morgan fingerprint density at radius 2 is 2.03 bits per heavy atom. The van der Waals surface area contributed by atoms with E-state index >= 15 is 0 Å². The molecule has 1 amide bonds. The van der Waals surface area contributed by atoms with E-state index in [2.05, 4.69) is 36.3 Å². The van der Waals surface area contributed by atoms with Gasteiger partial charge in [0.15, 0.2) is 0 Å². The molecule has 4 rings (SSSR count). The smallest absolute Gasteiger partial charge is 0.241 e. The number of aromatic nitrogens is 2. The van der Waals surface area contributed by atoms with Crippen molar-refractivity contribution in [3.05, 3.63) is 64.5 Å². The molecular formula is C21H19BrF2N4O2. The van der Waals surface area contributed by atoms with Crippen molar-refractivity contribution in [2.24, 2.45) is 5.92 Å². The maximum Gasteiger partial charge on any atom is 0.241 e. The number of piperidine rings is 1. The molecule has 1 aliphatic heterocycles. The van der Waals surface area contributed by atoms with Crippen molar-refractivity contribution in [2.45, 2.75) is 19.4 Å². The molecule has 1 aliphatic rings. The van der Waals surface area contributed by atoms with Gasteiger partial charge < -0.3 is 9.84 Å². The predicted molar refractivity (Wildman–Crippen MR) is 110 cm³/mol. The number of carbonyl (C=O) groups excluding carboxylic acids is 1. The zero-order valence-electron chi connectivity index (χ0n) is 15.9. The van der Waals surface area contributed by atoms with Crippen molar-refractivity contribution in [1.82, 2.24) is 15.0 Å². The van der Waals surface area contributed by atoms with E-state index in [1.54, 1.807) is 18.2 Å². The number of rotatable bonds is 5. The molecule has 1 aromatic heterocycles. The summed E-state index contributed by atoms with van der Waals surface area (Å²) in [7, 11) is 0. The number of carbonyl (C=O) groups is 1. The van der Waals surface area contributed by atoms with Crippen LogP contribution < -0.4 is 5.32 Å². The average Bonchev–Trinajstić information content (AvgIpc) is 3.19. The zero-order valence-corrected chi connectivity index (χ0v) is 17.5. The lowest BCUT2D eigenvalue weighted by atomic mass is 9.97. The van der Waals surface area contributed by atoms with Crippen LogP contribution in [0.5, 0.6) is 0 Å². The standard InChI is InChI=1S/C21H19BrF2N4O2/c22-15-5-8-18(17(24)10-15)25-21(29)14-2-1-9-28(11-14)12-19-26-20(27-30-19)13-3-6-16(23)7-4-13/h3-8,10,14H,1-2,9,11-12H2,(H,25,29). The largest absolute Gasteiger partial charge is 0.338 e. The second kappa shape index (κ2) is 9.01. The summed E-state index contributed by atoms with van der Waals surface area (Å²) in [4.78, 5) is 19.0. The minimum Gasteiger partial charge on any atom is -0.338 e. The van der Waals surface area contributed by atoms with Crippen LogP contribution in [0.1, 0.15) is 18.7 Å². The number of benzene rings is 2. The molecule has 30 heavy (non-hydrogen) atoms. The van der Waals surface area contributed by atoms with Crippen molar-refractivity contribution in [1.29, 1.82) is 0 Å². The molecule has 2 heterocycles. The van der Waals surface area contributed by atoms with E-state index in [1.165, 1.54) is 24.3 Å². The minimum absolute atomic E-state index is 0.168. The van der Waals surface area contributed by atoms with Crippen molar-refractivity contribution in [3.63, 3.8) is 0 Å². The summed E-state index contributed by atoms with van der Waals surface area (Å²) in [5, 5.41) is 6.63. The normalized spacial score (nSPS) is 17.1. The van der Waals surface area contributed by atoms with Crippen molar-refractivity contribution < 1.29 is 18.1 Å². The number of hydrogen-bond donors (Lipinski definition) is 1. The van der Waals surface area contributed by atoms with Crippen LogP contribution in [0.15, 0.2) is 51.5 Å². The maximum atomic E-state index is 14.0. The molecule has 2 aromatic carbocycles. The third-order valence-electron chi connectivity index (χ3n) is 4.99. The Morgan fingerprint density at radius 1 is 1.23 bits per heavy atom. The van der Waals surface area contributed by atoms with Gasteiger partial charge in [-0.2, -0.15) is 4.98 Å². The van der Waals surface area contributed by atoms with Crippen LogP contribution in [0.4, 0.5) is 14.5 Å². The molecule has 9 heteroatoms. The molecule has 0 radical (unpaired) electrons. The molecule has 1 N–H and O–H groups in total. The summed E-state index contributed by atoms with van der Waals surface area (Å²) in [6.07, 6.45) is 1.56. The SMILES string of the molecule is O=C(Nc1ccc(Br)cc1F)C1CCCN(Cc2nc(-c3ccc(F)cc3)no2)C1. The minimum atomic E-state index is -0.482. The number of amides is 1. The first-order valence-electron chi connectivity index (χ1n) is 9.55. The first-order valence-corrected chi connectivity index (χ1v) is 10.3. The van der Waals surface area contributed by atoms with Crippen LogP contribution in [0, 0.1) is 17.6 Å². The molecule has 0 aliphatic carbocycles. The fourth-order valence-corrected chi connectivity index (χ4v) is 3.80. The summed E-state index contributed by atoms with van der Waals surface area (Å²) >= 11 is 3.20. The maximum absolute atomic E-state index is 14.0. The fraction of sp³-hybridized carbons (Fsp3) is 0.286. The molecule has 3 aromatic rings. The van der Waals surface area contributed by atoms with E-state index in [0.29, 0.717) is 34.8 Å². The van der Waals surface area contributed by atoms with E-state index in [4.69, 9.17) is 4.52 Å². The first-order chi connectivity index (χ1) is 14.5. The van der Waals surface area contributed by atoms with E-state index < -0.39 is 5.82 Å². The van der Waals surface area contributed by atoms with Crippen LogP contribution in [-0.4, -0.2) is 34.0 Å².